The van der Waals surface area contributed by atoms with Crippen LogP contribution in [-0.4, -0.2) is 41.8 Å². The predicted octanol–water partition coefficient (Wildman–Crippen LogP) is 3.44. The Morgan fingerprint density at radius 2 is 2.04 bits per heavy atom. The number of carbonyl (C=O) groups is 1. The summed E-state index contributed by atoms with van der Waals surface area (Å²) in [6.45, 7) is 2.50. The summed E-state index contributed by atoms with van der Waals surface area (Å²) in [6.07, 6.45) is 4.10. The lowest BCUT2D eigenvalue weighted by Crippen LogP contribution is -2.44. The first-order valence-corrected chi connectivity index (χ1v) is 10.1. The lowest BCUT2D eigenvalue weighted by Gasteiger charge is -2.32. The van der Waals surface area contributed by atoms with Crippen LogP contribution in [0.2, 0.25) is 5.15 Å². The molecule has 2 fully saturated rings. The van der Waals surface area contributed by atoms with Gasteiger partial charge in [0.1, 0.15) is 0 Å². The standard InChI is InChI=1S/C18H21ClN4O2S/c19-16-5-6-17(22-21-16)23-9-7-12(8-10-23)20-18(24)15-4-3-14(26-15)13-2-1-11-25-13/h3-6,12-13H,1-2,7-11H2,(H,20,24)/t13-/m0/s1. The van der Waals surface area contributed by atoms with Gasteiger partial charge in [0.05, 0.1) is 11.0 Å². The molecule has 2 aromatic heterocycles. The molecule has 0 saturated carbocycles. The minimum atomic E-state index is 0.0176. The predicted molar refractivity (Wildman–Crippen MR) is 102 cm³/mol. The second kappa shape index (κ2) is 7.90. The highest BCUT2D eigenvalue weighted by molar-refractivity contribution is 7.14. The number of aromatic nitrogens is 2. The van der Waals surface area contributed by atoms with E-state index in [-0.39, 0.29) is 18.1 Å². The molecule has 1 N–H and O–H groups in total. The van der Waals surface area contributed by atoms with Gasteiger partial charge in [-0.2, -0.15) is 0 Å². The van der Waals surface area contributed by atoms with E-state index in [2.05, 4.69) is 20.4 Å². The van der Waals surface area contributed by atoms with Crippen molar-refractivity contribution in [1.82, 2.24) is 15.5 Å². The summed E-state index contributed by atoms with van der Waals surface area (Å²) in [7, 11) is 0. The second-order valence-electron chi connectivity index (χ2n) is 6.65. The Hall–Kier alpha value is -1.70. The van der Waals surface area contributed by atoms with Gasteiger partial charge in [-0.05, 0) is 49.9 Å². The molecule has 8 heteroatoms. The largest absolute Gasteiger partial charge is 0.373 e. The number of rotatable bonds is 4. The zero-order valence-electron chi connectivity index (χ0n) is 14.4. The van der Waals surface area contributed by atoms with Crippen LogP contribution in [0.15, 0.2) is 24.3 Å². The lowest BCUT2D eigenvalue weighted by molar-refractivity contribution is 0.0935. The van der Waals surface area contributed by atoms with E-state index in [0.717, 1.165) is 61.0 Å². The van der Waals surface area contributed by atoms with Crippen molar-refractivity contribution in [2.24, 2.45) is 0 Å². The summed E-state index contributed by atoms with van der Waals surface area (Å²) in [4.78, 5) is 16.6. The van der Waals surface area contributed by atoms with Gasteiger partial charge >= 0.3 is 0 Å². The van der Waals surface area contributed by atoms with E-state index in [4.69, 9.17) is 16.3 Å². The van der Waals surface area contributed by atoms with Gasteiger partial charge < -0.3 is 15.0 Å². The molecule has 2 aliphatic rings. The molecule has 26 heavy (non-hydrogen) atoms. The highest BCUT2D eigenvalue weighted by Gasteiger charge is 2.24. The number of hydrogen-bond donors (Lipinski definition) is 1. The highest BCUT2D eigenvalue weighted by atomic mass is 35.5. The third kappa shape index (κ3) is 4.00. The van der Waals surface area contributed by atoms with Gasteiger partial charge in [0.15, 0.2) is 11.0 Å². The monoisotopic (exact) mass is 392 g/mol. The molecule has 0 spiro atoms. The highest BCUT2D eigenvalue weighted by Crippen LogP contribution is 2.33. The normalized spacial score (nSPS) is 21.1. The number of ether oxygens (including phenoxy) is 1. The number of nitrogens with zero attached hydrogens (tertiary/aromatic N) is 3. The number of hydrogen-bond acceptors (Lipinski definition) is 6. The number of amides is 1. The van der Waals surface area contributed by atoms with Crippen molar-refractivity contribution in [2.75, 3.05) is 24.6 Å². The maximum Gasteiger partial charge on any atom is 0.261 e. The van der Waals surface area contributed by atoms with Crippen LogP contribution >= 0.6 is 22.9 Å². The first-order valence-electron chi connectivity index (χ1n) is 8.95. The summed E-state index contributed by atoms with van der Waals surface area (Å²) >= 11 is 7.33. The fraction of sp³-hybridized carbons (Fsp3) is 0.500. The molecule has 4 rings (SSSR count). The van der Waals surface area contributed by atoms with Crippen molar-refractivity contribution in [3.05, 3.63) is 39.2 Å². The van der Waals surface area contributed by atoms with E-state index >= 15 is 0 Å². The maximum atomic E-state index is 12.5. The molecule has 2 saturated heterocycles. The van der Waals surface area contributed by atoms with Gasteiger partial charge in [-0.3, -0.25) is 4.79 Å². The first-order chi connectivity index (χ1) is 12.7. The molecule has 2 aliphatic heterocycles. The van der Waals surface area contributed by atoms with Crippen LogP contribution in [0.4, 0.5) is 5.82 Å². The van der Waals surface area contributed by atoms with Gasteiger partial charge in [-0.15, -0.1) is 21.5 Å². The molecule has 0 bridgehead atoms. The Morgan fingerprint density at radius 3 is 2.73 bits per heavy atom. The van der Waals surface area contributed by atoms with E-state index < -0.39 is 0 Å². The van der Waals surface area contributed by atoms with Gasteiger partial charge in [-0.1, -0.05) is 11.6 Å². The van der Waals surface area contributed by atoms with Crippen molar-refractivity contribution < 1.29 is 9.53 Å². The van der Waals surface area contributed by atoms with Crippen molar-refractivity contribution in [1.29, 1.82) is 0 Å². The average Bonchev–Trinajstić information content (AvgIpc) is 3.35. The lowest BCUT2D eigenvalue weighted by atomic mass is 10.0. The van der Waals surface area contributed by atoms with E-state index in [0.29, 0.717) is 5.15 Å². The Morgan fingerprint density at radius 1 is 1.19 bits per heavy atom. The van der Waals surface area contributed by atoms with Crippen molar-refractivity contribution in [3.8, 4) is 0 Å². The van der Waals surface area contributed by atoms with Crippen molar-refractivity contribution in [3.63, 3.8) is 0 Å². The van der Waals surface area contributed by atoms with Crippen molar-refractivity contribution in [2.45, 2.75) is 37.8 Å². The summed E-state index contributed by atoms with van der Waals surface area (Å²) in [5, 5.41) is 11.6. The smallest absolute Gasteiger partial charge is 0.261 e. The Bertz CT molecular complexity index is 753. The number of carbonyl (C=O) groups excluding carboxylic acids is 1. The first kappa shape index (κ1) is 17.7. The molecule has 138 valence electrons. The van der Waals surface area contributed by atoms with Crippen LogP contribution in [0.5, 0.6) is 0 Å². The average molecular weight is 393 g/mol. The Kier molecular flexibility index (Phi) is 5.38. The van der Waals surface area contributed by atoms with Gasteiger partial charge in [0, 0.05) is 30.6 Å². The summed E-state index contributed by atoms with van der Waals surface area (Å²) in [6, 6.07) is 7.76. The quantitative estimate of drug-likeness (QED) is 0.863. The SMILES string of the molecule is O=C(NC1CCN(c2ccc(Cl)nn2)CC1)c1ccc([C@@H]2CCCO2)s1. The third-order valence-electron chi connectivity index (χ3n) is 4.87. The second-order valence-corrected chi connectivity index (χ2v) is 8.16. The molecule has 0 radical (unpaired) electrons. The molecule has 1 amide bonds. The van der Waals surface area contributed by atoms with Gasteiger partial charge in [-0.25, -0.2) is 0 Å². The zero-order chi connectivity index (χ0) is 17.9. The van der Waals surface area contributed by atoms with Crippen LogP contribution < -0.4 is 10.2 Å². The van der Waals surface area contributed by atoms with Gasteiger partial charge in [0.25, 0.3) is 5.91 Å². The van der Waals surface area contributed by atoms with Crippen molar-refractivity contribution >= 4 is 34.7 Å². The molecule has 4 heterocycles. The topological polar surface area (TPSA) is 67.4 Å². The number of halogens is 1. The molecule has 1 atom stereocenters. The molecule has 2 aromatic rings. The van der Waals surface area contributed by atoms with E-state index in [1.165, 1.54) is 0 Å². The van der Waals surface area contributed by atoms with Crippen LogP contribution in [-0.2, 0) is 4.74 Å². The number of thiophene rings is 1. The minimum absolute atomic E-state index is 0.0176. The van der Waals surface area contributed by atoms with Gasteiger partial charge in [0.2, 0.25) is 0 Å². The van der Waals surface area contributed by atoms with E-state index in [1.807, 2.05) is 18.2 Å². The fourth-order valence-electron chi connectivity index (χ4n) is 3.44. The minimum Gasteiger partial charge on any atom is -0.373 e. The molecule has 0 aromatic carbocycles. The molecular formula is C18H21ClN4O2S. The van der Waals surface area contributed by atoms with E-state index in [9.17, 15) is 4.79 Å². The zero-order valence-corrected chi connectivity index (χ0v) is 15.9. The summed E-state index contributed by atoms with van der Waals surface area (Å²) in [5.41, 5.74) is 0. The number of anilines is 1. The summed E-state index contributed by atoms with van der Waals surface area (Å²) < 4.78 is 5.70. The van der Waals surface area contributed by atoms with Crippen LogP contribution in [0.3, 0.4) is 0 Å². The Labute approximate surface area is 161 Å². The molecular weight excluding hydrogens is 372 g/mol. The molecule has 0 unspecified atom stereocenters. The number of piperidine rings is 1. The summed E-state index contributed by atoms with van der Waals surface area (Å²) in [5.74, 6) is 0.850. The molecule has 0 aliphatic carbocycles. The third-order valence-corrected chi connectivity index (χ3v) is 6.25. The maximum absolute atomic E-state index is 12.5. The van der Waals surface area contributed by atoms with Crippen LogP contribution in [0.1, 0.15) is 46.3 Å². The van der Waals surface area contributed by atoms with Crippen LogP contribution in [0, 0.1) is 0 Å². The number of nitrogens with one attached hydrogen (secondary N) is 1. The fourth-order valence-corrected chi connectivity index (χ4v) is 4.53. The van der Waals surface area contributed by atoms with E-state index in [1.54, 1.807) is 17.4 Å². The van der Waals surface area contributed by atoms with Crippen LogP contribution in [0.25, 0.3) is 0 Å². The Balaban J connectivity index is 1.30. The molecule has 6 nitrogen and oxygen atoms in total.